The number of nitrogens with two attached hydrogens (primary N) is 1. The smallest absolute Gasteiger partial charge is 0.255 e. The number of carbonyl (C=O) groups excluding carboxylic acids is 1. The van der Waals surface area contributed by atoms with Crippen LogP contribution in [0.2, 0.25) is 0 Å². The van der Waals surface area contributed by atoms with E-state index in [1.165, 1.54) is 0 Å². The van der Waals surface area contributed by atoms with Crippen molar-refractivity contribution in [1.82, 2.24) is 0 Å². The van der Waals surface area contributed by atoms with Gasteiger partial charge in [0.25, 0.3) is 5.91 Å². The standard InChI is InChI=1S/C16H18N2O2/c1-9-4-7-14(11(3)15(9)19)18-16(20)12-5-6-13(17)10(2)8-12/h4-8,19H,17H2,1-3H3,(H,18,20). The molecule has 0 aliphatic rings. The quantitative estimate of drug-likeness (QED) is 0.734. The summed E-state index contributed by atoms with van der Waals surface area (Å²) in [6, 6.07) is 8.69. The van der Waals surface area contributed by atoms with Gasteiger partial charge >= 0.3 is 0 Å². The maximum Gasteiger partial charge on any atom is 0.255 e. The van der Waals surface area contributed by atoms with Gasteiger partial charge in [0, 0.05) is 22.5 Å². The van der Waals surface area contributed by atoms with Crippen molar-refractivity contribution in [2.45, 2.75) is 20.8 Å². The van der Waals surface area contributed by atoms with E-state index < -0.39 is 0 Å². The van der Waals surface area contributed by atoms with Crippen molar-refractivity contribution < 1.29 is 9.90 Å². The Morgan fingerprint density at radius 3 is 2.45 bits per heavy atom. The number of hydrogen-bond acceptors (Lipinski definition) is 3. The first-order chi connectivity index (χ1) is 9.40. The van der Waals surface area contributed by atoms with Gasteiger partial charge in [0.15, 0.2) is 0 Å². The molecular weight excluding hydrogens is 252 g/mol. The lowest BCUT2D eigenvalue weighted by molar-refractivity contribution is 0.102. The van der Waals surface area contributed by atoms with Gasteiger partial charge in [0.2, 0.25) is 0 Å². The summed E-state index contributed by atoms with van der Waals surface area (Å²) in [6.45, 7) is 5.44. The fraction of sp³-hybridized carbons (Fsp3) is 0.188. The van der Waals surface area contributed by atoms with E-state index >= 15 is 0 Å². The second-order valence-corrected chi connectivity index (χ2v) is 4.93. The average molecular weight is 270 g/mol. The fourth-order valence-corrected chi connectivity index (χ4v) is 1.98. The van der Waals surface area contributed by atoms with Gasteiger partial charge in [0.1, 0.15) is 5.75 Å². The molecule has 0 aromatic heterocycles. The molecule has 0 bridgehead atoms. The first kappa shape index (κ1) is 13.9. The third-order valence-corrected chi connectivity index (χ3v) is 3.41. The Balaban J connectivity index is 2.28. The Morgan fingerprint density at radius 2 is 1.80 bits per heavy atom. The predicted molar refractivity (Wildman–Crippen MR) is 81.1 cm³/mol. The minimum Gasteiger partial charge on any atom is -0.507 e. The van der Waals surface area contributed by atoms with Crippen LogP contribution in [0.3, 0.4) is 0 Å². The fourth-order valence-electron chi connectivity index (χ4n) is 1.98. The van der Waals surface area contributed by atoms with Crippen LogP contribution in [0.1, 0.15) is 27.0 Å². The van der Waals surface area contributed by atoms with Crippen LogP contribution in [0.4, 0.5) is 11.4 Å². The summed E-state index contributed by atoms with van der Waals surface area (Å²) in [5.74, 6) is -0.0178. The van der Waals surface area contributed by atoms with Crippen molar-refractivity contribution in [2.24, 2.45) is 0 Å². The van der Waals surface area contributed by atoms with Crippen molar-refractivity contribution in [2.75, 3.05) is 11.1 Å². The van der Waals surface area contributed by atoms with E-state index in [1.807, 2.05) is 13.8 Å². The van der Waals surface area contributed by atoms with Crippen LogP contribution in [0.15, 0.2) is 30.3 Å². The van der Waals surface area contributed by atoms with Gasteiger partial charge in [-0.1, -0.05) is 6.07 Å². The molecule has 0 atom stereocenters. The number of anilines is 2. The van der Waals surface area contributed by atoms with Crippen LogP contribution in [-0.2, 0) is 0 Å². The molecule has 2 aromatic carbocycles. The second-order valence-electron chi connectivity index (χ2n) is 4.93. The first-order valence-electron chi connectivity index (χ1n) is 6.37. The zero-order valence-electron chi connectivity index (χ0n) is 11.8. The van der Waals surface area contributed by atoms with Crippen LogP contribution < -0.4 is 11.1 Å². The number of hydrogen-bond donors (Lipinski definition) is 3. The Labute approximate surface area is 118 Å². The van der Waals surface area contributed by atoms with Crippen molar-refractivity contribution in [3.05, 3.63) is 52.6 Å². The number of amides is 1. The van der Waals surface area contributed by atoms with Crippen molar-refractivity contribution in [3.63, 3.8) is 0 Å². The van der Waals surface area contributed by atoms with Gasteiger partial charge in [-0.2, -0.15) is 0 Å². The summed E-state index contributed by atoms with van der Waals surface area (Å²) in [5, 5.41) is 12.7. The van der Waals surface area contributed by atoms with Crippen LogP contribution in [0.25, 0.3) is 0 Å². The molecule has 0 heterocycles. The van der Waals surface area contributed by atoms with Crippen LogP contribution >= 0.6 is 0 Å². The topological polar surface area (TPSA) is 75.3 Å². The maximum absolute atomic E-state index is 12.2. The summed E-state index contributed by atoms with van der Waals surface area (Å²) >= 11 is 0. The van der Waals surface area contributed by atoms with Gasteiger partial charge < -0.3 is 16.2 Å². The lowest BCUT2D eigenvalue weighted by Gasteiger charge is -2.12. The van der Waals surface area contributed by atoms with E-state index in [9.17, 15) is 9.90 Å². The molecule has 0 saturated carbocycles. The SMILES string of the molecule is Cc1cc(C(=O)Nc2ccc(C)c(O)c2C)ccc1N. The molecule has 104 valence electrons. The van der Waals surface area contributed by atoms with Crippen molar-refractivity contribution in [1.29, 1.82) is 0 Å². The number of nitrogen functional groups attached to an aromatic ring is 1. The third kappa shape index (κ3) is 2.59. The molecule has 2 aromatic rings. The van der Waals surface area contributed by atoms with Crippen LogP contribution in [-0.4, -0.2) is 11.0 Å². The van der Waals surface area contributed by atoms with E-state index in [1.54, 1.807) is 37.3 Å². The number of benzene rings is 2. The number of rotatable bonds is 2. The number of carbonyl (C=O) groups is 1. The van der Waals surface area contributed by atoms with Gasteiger partial charge in [-0.25, -0.2) is 0 Å². The molecule has 20 heavy (non-hydrogen) atoms. The zero-order chi connectivity index (χ0) is 14.9. The molecule has 0 saturated heterocycles. The monoisotopic (exact) mass is 270 g/mol. The van der Waals surface area contributed by atoms with Crippen molar-refractivity contribution in [3.8, 4) is 5.75 Å². The highest BCUT2D eigenvalue weighted by molar-refractivity contribution is 6.05. The first-order valence-corrected chi connectivity index (χ1v) is 6.37. The Bertz CT molecular complexity index is 678. The van der Waals surface area contributed by atoms with Gasteiger partial charge in [-0.05, 0) is 56.2 Å². The highest BCUT2D eigenvalue weighted by Crippen LogP contribution is 2.28. The molecule has 4 heteroatoms. The van der Waals surface area contributed by atoms with Crippen molar-refractivity contribution >= 4 is 17.3 Å². The van der Waals surface area contributed by atoms with Gasteiger partial charge in [-0.3, -0.25) is 4.79 Å². The highest BCUT2D eigenvalue weighted by atomic mass is 16.3. The molecule has 0 aliphatic heterocycles. The predicted octanol–water partition coefficient (Wildman–Crippen LogP) is 3.15. The molecule has 0 aliphatic carbocycles. The van der Waals surface area contributed by atoms with E-state index in [2.05, 4.69) is 5.32 Å². The Morgan fingerprint density at radius 1 is 1.10 bits per heavy atom. The summed E-state index contributed by atoms with van der Waals surface area (Å²) in [7, 11) is 0. The lowest BCUT2D eigenvalue weighted by Crippen LogP contribution is -2.13. The van der Waals surface area contributed by atoms with Gasteiger partial charge in [0.05, 0.1) is 0 Å². The minimum absolute atomic E-state index is 0.205. The molecule has 0 fully saturated rings. The normalized spacial score (nSPS) is 10.3. The number of phenols is 1. The molecule has 0 unspecified atom stereocenters. The Kier molecular flexibility index (Phi) is 3.66. The Hall–Kier alpha value is -2.49. The lowest BCUT2D eigenvalue weighted by atomic mass is 10.1. The molecule has 4 N–H and O–H groups in total. The van der Waals surface area contributed by atoms with E-state index in [0.29, 0.717) is 22.5 Å². The second kappa shape index (κ2) is 5.25. The molecule has 4 nitrogen and oxygen atoms in total. The third-order valence-electron chi connectivity index (χ3n) is 3.41. The minimum atomic E-state index is -0.223. The van der Waals surface area contributed by atoms with E-state index in [-0.39, 0.29) is 11.7 Å². The molecular formula is C16H18N2O2. The average Bonchev–Trinajstić information content (AvgIpc) is 2.42. The number of phenolic OH excluding ortho intramolecular Hbond substituents is 1. The summed E-state index contributed by atoms with van der Waals surface area (Å²) in [5.41, 5.74) is 9.84. The van der Waals surface area contributed by atoms with Crippen LogP contribution in [0, 0.1) is 20.8 Å². The van der Waals surface area contributed by atoms with Crippen LogP contribution in [0.5, 0.6) is 5.75 Å². The van der Waals surface area contributed by atoms with E-state index in [4.69, 9.17) is 5.73 Å². The number of aromatic hydroxyl groups is 1. The number of nitrogens with one attached hydrogen (secondary N) is 1. The van der Waals surface area contributed by atoms with Gasteiger partial charge in [-0.15, -0.1) is 0 Å². The molecule has 1 amide bonds. The zero-order valence-corrected chi connectivity index (χ0v) is 11.8. The summed E-state index contributed by atoms with van der Waals surface area (Å²) in [4.78, 5) is 12.2. The number of aryl methyl sites for hydroxylation is 2. The van der Waals surface area contributed by atoms with E-state index in [0.717, 1.165) is 11.1 Å². The molecule has 0 radical (unpaired) electrons. The molecule has 0 spiro atoms. The molecule has 2 rings (SSSR count). The summed E-state index contributed by atoms with van der Waals surface area (Å²) < 4.78 is 0. The maximum atomic E-state index is 12.2. The highest BCUT2D eigenvalue weighted by Gasteiger charge is 2.11. The summed E-state index contributed by atoms with van der Waals surface area (Å²) in [6.07, 6.45) is 0. The largest absolute Gasteiger partial charge is 0.507 e.